The molecule has 1 N–H and O–H groups in total. The lowest BCUT2D eigenvalue weighted by molar-refractivity contribution is 0.442. The molecule has 0 unspecified atom stereocenters. The SMILES string of the molecule is Cc1noc2ncnc(N[C@H]3CCCN(c4ccnn4C)C3)c12. The van der Waals surface area contributed by atoms with Gasteiger partial charge >= 0.3 is 0 Å². The number of hydrogen-bond donors (Lipinski definition) is 1. The number of fused-ring (bicyclic) bond motifs is 1. The van der Waals surface area contributed by atoms with Crippen LogP contribution >= 0.6 is 0 Å². The molecule has 0 bridgehead atoms. The van der Waals surface area contributed by atoms with Crippen molar-refractivity contribution in [2.24, 2.45) is 7.05 Å². The molecule has 120 valence electrons. The maximum Gasteiger partial charge on any atom is 0.263 e. The quantitative estimate of drug-likeness (QED) is 0.788. The second kappa shape index (κ2) is 5.53. The number of anilines is 2. The first-order valence-corrected chi connectivity index (χ1v) is 7.79. The zero-order chi connectivity index (χ0) is 15.8. The third kappa shape index (κ3) is 2.49. The van der Waals surface area contributed by atoms with Gasteiger partial charge in [0.25, 0.3) is 5.71 Å². The fourth-order valence-electron chi connectivity index (χ4n) is 3.21. The van der Waals surface area contributed by atoms with Gasteiger partial charge in [0.05, 0.1) is 11.9 Å². The fourth-order valence-corrected chi connectivity index (χ4v) is 3.21. The molecule has 1 atom stereocenters. The van der Waals surface area contributed by atoms with Gasteiger partial charge in [-0.2, -0.15) is 10.1 Å². The van der Waals surface area contributed by atoms with E-state index in [4.69, 9.17) is 4.52 Å². The largest absolute Gasteiger partial charge is 0.365 e. The summed E-state index contributed by atoms with van der Waals surface area (Å²) in [5.74, 6) is 1.94. The van der Waals surface area contributed by atoms with Gasteiger partial charge in [0.1, 0.15) is 23.3 Å². The first-order chi connectivity index (χ1) is 11.2. The van der Waals surface area contributed by atoms with E-state index in [9.17, 15) is 0 Å². The van der Waals surface area contributed by atoms with Crippen LogP contribution in [-0.2, 0) is 7.05 Å². The second-order valence-corrected chi connectivity index (χ2v) is 5.91. The number of nitrogens with one attached hydrogen (secondary N) is 1. The standard InChI is InChI=1S/C15H19N7O/c1-10-13-14(16-9-17-15(13)23-20-10)19-11-4-3-7-22(8-11)12-5-6-18-21(12)2/h5-6,9,11H,3-4,7-8H2,1-2H3,(H,16,17,19)/t11-/m0/s1. The van der Waals surface area contributed by atoms with Gasteiger partial charge in [-0.25, -0.2) is 4.98 Å². The summed E-state index contributed by atoms with van der Waals surface area (Å²) in [5, 5.41) is 12.6. The number of aryl methyl sites for hydroxylation is 2. The topological polar surface area (TPSA) is 84.9 Å². The minimum absolute atomic E-state index is 0.311. The highest BCUT2D eigenvalue weighted by Gasteiger charge is 2.23. The van der Waals surface area contributed by atoms with Gasteiger partial charge in [-0.15, -0.1) is 0 Å². The van der Waals surface area contributed by atoms with Gasteiger partial charge < -0.3 is 14.7 Å². The highest BCUT2D eigenvalue weighted by atomic mass is 16.5. The van der Waals surface area contributed by atoms with Crippen molar-refractivity contribution in [2.45, 2.75) is 25.8 Å². The number of hydrogen-bond acceptors (Lipinski definition) is 7. The number of rotatable bonds is 3. The van der Waals surface area contributed by atoms with Gasteiger partial charge in [0, 0.05) is 32.2 Å². The predicted molar refractivity (Wildman–Crippen MR) is 86.4 cm³/mol. The van der Waals surface area contributed by atoms with E-state index in [1.807, 2.05) is 24.9 Å². The maximum absolute atomic E-state index is 5.21. The van der Waals surface area contributed by atoms with E-state index in [1.165, 1.54) is 6.33 Å². The highest BCUT2D eigenvalue weighted by molar-refractivity contribution is 5.87. The molecule has 4 heterocycles. The van der Waals surface area contributed by atoms with Crippen LogP contribution in [0.5, 0.6) is 0 Å². The molecule has 8 heteroatoms. The molecular formula is C15H19N7O. The Morgan fingerprint density at radius 1 is 1.35 bits per heavy atom. The molecule has 3 aromatic heterocycles. The van der Waals surface area contributed by atoms with E-state index in [0.717, 1.165) is 48.6 Å². The molecule has 0 aromatic carbocycles. The lowest BCUT2D eigenvalue weighted by Gasteiger charge is -2.34. The molecule has 1 aliphatic heterocycles. The normalized spacial score (nSPS) is 18.5. The Hall–Kier alpha value is -2.64. The zero-order valence-electron chi connectivity index (χ0n) is 13.2. The Kier molecular flexibility index (Phi) is 3.36. The summed E-state index contributed by atoms with van der Waals surface area (Å²) in [7, 11) is 1.97. The summed E-state index contributed by atoms with van der Waals surface area (Å²) in [4.78, 5) is 10.9. The van der Waals surface area contributed by atoms with Crippen molar-refractivity contribution < 1.29 is 4.52 Å². The average molecular weight is 313 g/mol. The van der Waals surface area contributed by atoms with Crippen molar-refractivity contribution in [3.8, 4) is 0 Å². The van der Waals surface area contributed by atoms with E-state index < -0.39 is 0 Å². The molecular weight excluding hydrogens is 294 g/mol. The molecule has 4 rings (SSSR count). The Bertz CT molecular complexity index is 824. The molecule has 0 amide bonds. The summed E-state index contributed by atoms with van der Waals surface area (Å²) in [6.45, 7) is 3.86. The second-order valence-electron chi connectivity index (χ2n) is 5.91. The number of piperidine rings is 1. The summed E-state index contributed by atoms with van der Waals surface area (Å²) >= 11 is 0. The molecule has 1 saturated heterocycles. The van der Waals surface area contributed by atoms with Crippen LogP contribution in [0.1, 0.15) is 18.5 Å². The minimum Gasteiger partial charge on any atom is -0.365 e. The third-order valence-electron chi connectivity index (χ3n) is 4.32. The van der Waals surface area contributed by atoms with Crippen LogP contribution in [0.15, 0.2) is 23.1 Å². The van der Waals surface area contributed by atoms with Gasteiger partial charge in [-0.1, -0.05) is 5.16 Å². The molecule has 0 spiro atoms. The summed E-state index contributed by atoms with van der Waals surface area (Å²) in [5.41, 5.74) is 1.33. The highest BCUT2D eigenvalue weighted by Crippen LogP contribution is 2.25. The number of aromatic nitrogens is 5. The van der Waals surface area contributed by atoms with Crippen LogP contribution < -0.4 is 10.2 Å². The Morgan fingerprint density at radius 3 is 3.09 bits per heavy atom. The monoisotopic (exact) mass is 313 g/mol. The van der Waals surface area contributed by atoms with Crippen LogP contribution in [-0.4, -0.2) is 44.0 Å². The van der Waals surface area contributed by atoms with Gasteiger partial charge in [0.2, 0.25) is 0 Å². The first-order valence-electron chi connectivity index (χ1n) is 7.79. The lowest BCUT2D eigenvalue weighted by Crippen LogP contribution is -2.43. The van der Waals surface area contributed by atoms with Crippen LogP contribution in [0, 0.1) is 6.92 Å². The van der Waals surface area contributed by atoms with Gasteiger partial charge in [0.15, 0.2) is 0 Å². The minimum atomic E-state index is 0.311. The third-order valence-corrected chi connectivity index (χ3v) is 4.32. The van der Waals surface area contributed by atoms with Crippen LogP contribution in [0.4, 0.5) is 11.6 Å². The first kappa shape index (κ1) is 14.0. The van der Waals surface area contributed by atoms with Gasteiger partial charge in [-0.05, 0) is 19.8 Å². The van der Waals surface area contributed by atoms with E-state index in [1.54, 1.807) is 0 Å². The van der Waals surface area contributed by atoms with E-state index in [2.05, 4.69) is 36.5 Å². The van der Waals surface area contributed by atoms with E-state index in [-0.39, 0.29) is 0 Å². The summed E-state index contributed by atoms with van der Waals surface area (Å²) in [6.07, 6.45) is 5.57. The van der Waals surface area contributed by atoms with Crippen molar-refractivity contribution in [3.05, 3.63) is 24.3 Å². The molecule has 1 fully saturated rings. The molecule has 1 aliphatic rings. The summed E-state index contributed by atoms with van der Waals surface area (Å²) < 4.78 is 7.12. The smallest absolute Gasteiger partial charge is 0.263 e. The van der Waals surface area contributed by atoms with Gasteiger partial charge in [-0.3, -0.25) is 4.68 Å². The molecule has 23 heavy (non-hydrogen) atoms. The van der Waals surface area contributed by atoms with Crippen molar-refractivity contribution in [3.63, 3.8) is 0 Å². The van der Waals surface area contributed by atoms with E-state index in [0.29, 0.717) is 11.8 Å². The molecule has 3 aromatic rings. The van der Waals surface area contributed by atoms with Crippen molar-refractivity contribution >= 4 is 22.7 Å². The van der Waals surface area contributed by atoms with E-state index >= 15 is 0 Å². The molecule has 8 nitrogen and oxygen atoms in total. The Morgan fingerprint density at radius 2 is 2.26 bits per heavy atom. The van der Waals surface area contributed by atoms with Crippen molar-refractivity contribution in [2.75, 3.05) is 23.3 Å². The Balaban J connectivity index is 1.56. The Labute approximate surface area is 133 Å². The van der Waals surface area contributed by atoms with Crippen molar-refractivity contribution in [1.29, 1.82) is 0 Å². The van der Waals surface area contributed by atoms with Crippen LogP contribution in [0.3, 0.4) is 0 Å². The number of nitrogens with zero attached hydrogens (tertiary/aromatic N) is 6. The average Bonchev–Trinajstić information content (AvgIpc) is 3.15. The predicted octanol–water partition coefficient (Wildman–Crippen LogP) is 1.74. The lowest BCUT2D eigenvalue weighted by atomic mass is 10.1. The van der Waals surface area contributed by atoms with Crippen molar-refractivity contribution in [1.82, 2.24) is 24.9 Å². The summed E-state index contributed by atoms with van der Waals surface area (Å²) in [6, 6.07) is 2.36. The molecule has 0 radical (unpaired) electrons. The zero-order valence-corrected chi connectivity index (χ0v) is 13.2. The fraction of sp³-hybridized carbons (Fsp3) is 0.467. The molecule has 0 aliphatic carbocycles. The maximum atomic E-state index is 5.21. The van der Waals surface area contributed by atoms with Crippen LogP contribution in [0.2, 0.25) is 0 Å². The molecule has 0 saturated carbocycles. The van der Waals surface area contributed by atoms with Crippen LogP contribution in [0.25, 0.3) is 11.1 Å².